The molecule has 0 atom stereocenters. The summed E-state index contributed by atoms with van der Waals surface area (Å²) < 4.78 is 1.05. The molecule has 0 aliphatic heterocycles. The highest BCUT2D eigenvalue weighted by molar-refractivity contribution is 9.10. The summed E-state index contributed by atoms with van der Waals surface area (Å²) in [7, 11) is 0. The smallest absolute Gasteiger partial charge is 0.0968 e. The van der Waals surface area contributed by atoms with E-state index >= 15 is 0 Å². The van der Waals surface area contributed by atoms with E-state index in [1.165, 1.54) is 11.1 Å². The number of aromatic nitrogens is 1. The fourth-order valence-corrected chi connectivity index (χ4v) is 3.47. The van der Waals surface area contributed by atoms with Crippen LogP contribution in [0.4, 0.5) is 5.69 Å². The molecule has 94 valence electrons. The molecule has 0 saturated carbocycles. The van der Waals surface area contributed by atoms with Crippen LogP contribution in [0.15, 0.2) is 39.8 Å². The first-order chi connectivity index (χ1) is 8.54. The molecule has 1 heterocycles. The Morgan fingerprint density at radius 3 is 2.67 bits per heavy atom. The molecule has 0 bridgehead atoms. The number of hydrogen-bond donors (Lipinski definition) is 1. The molecular weight excluding hydrogens is 308 g/mol. The van der Waals surface area contributed by atoms with Crippen molar-refractivity contribution < 1.29 is 0 Å². The van der Waals surface area contributed by atoms with Gasteiger partial charge in [-0.2, -0.15) is 0 Å². The lowest BCUT2D eigenvalue weighted by Crippen LogP contribution is -1.90. The molecule has 2 aromatic rings. The van der Waals surface area contributed by atoms with E-state index in [-0.39, 0.29) is 0 Å². The van der Waals surface area contributed by atoms with Crippen LogP contribution >= 0.6 is 27.7 Å². The van der Waals surface area contributed by atoms with E-state index in [0.29, 0.717) is 0 Å². The standard InChI is InChI=1S/C14H15BrN2S/c1-9-5-10(2)17-14(6-9)18-8-11-3-4-12(16)7-13(11)15/h3-7H,8,16H2,1-2H3. The Kier molecular flexibility index (Phi) is 4.30. The Bertz CT molecular complexity index is 549. The first kappa shape index (κ1) is 13.4. The van der Waals surface area contributed by atoms with Gasteiger partial charge in [-0.05, 0) is 49.2 Å². The fourth-order valence-electron chi connectivity index (χ4n) is 1.71. The lowest BCUT2D eigenvalue weighted by molar-refractivity contribution is 1.05. The van der Waals surface area contributed by atoms with Gasteiger partial charge in [-0.15, -0.1) is 11.8 Å². The summed E-state index contributed by atoms with van der Waals surface area (Å²) in [4.78, 5) is 4.52. The minimum absolute atomic E-state index is 0.778. The Balaban J connectivity index is 2.11. The molecule has 0 aliphatic carbocycles. The third-order valence-corrected chi connectivity index (χ3v) is 4.23. The molecule has 2 N–H and O–H groups in total. The molecule has 1 aromatic heterocycles. The van der Waals surface area contributed by atoms with Crippen molar-refractivity contribution in [3.05, 3.63) is 51.6 Å². The first-order valence-corrected chi connectivity index (χ1v) is 7.44. The van der Waals surface area contributed by atoms with Crippen molar-refractivity contribution in [3.63, 3.8) is 0 Å². The summed E-state index contributed by atoms with van der Waals surface area (Å²) in [6, 6.07) is 10.1. The number of aryl methyl sites for hydroxylation is 2. The molecule has 0 fully saturated rings. The third kappa shape index (κ3) is 3.50. The van der Waals surface area contributed by atoms with Gasteiger partial charge in [0, 0.05) is 21.6 Å². The van der Waals surface area contributed by atoms with E-state index in [1.807, 2.05) is 19.1 Å². The van der Waals surface area contributed by atoms with Gasteiger partial charge in [-0.3, -0.25) is 0 Å². The summed E-state index contributed by atoms with van der Waals surface area (Å²) in [6.45, 7) is 4.12. The third-order valence-electron chi connectivity index (χ3n) is 2.53. The minimum Gasteiger partial charge on any atom is -0.399 e. The van der Waals surface area contributed by atoms with E-state index in [0.717, 1.165) is 26.6 Å². The molecule has 0 amide bonds. The van der Waals surface area contributed by atoms with Crippen LogP contribution in [-0.2, 0) is 5.75 Å². The van der Waals surface area contributed by atoms with Crippen molar-refractivity contribution in [2.75, 3.05) is 5.73 Å². The Morgan fingerprint density at radius 1 is 1.22 bits per heavy atom. The van der Waals surface area contributed by atoms with Gasteiger partial charge in [0.2, 0.25) is 0 Å². The predicted molar refractivity (Wildman–Crippen MR) is 81.8 cm³/mol. The second kappa shape index (κ2) is 5.76. The molecule has 1 aromatic carbocycles. The number of pyridine rings is 1. The quantitative estimate of drug-likeness (QED) is 0.675. The van der Waals surface area contributed by atoms with Crippen LogP contribution in [0.25, 0.3) is 0 Å². The van der Waals surface area contributed by atoms with Gasteiger partial charge >= 0.3 is 0 Å². The van der Waals surface area contributed by atoms with E-state index in [9.17, 15) is 0 Å². The number of nitrogen functional groups attached to an aromatic ring is 1. The van der Waals surface area contributed by atoms with Crippen LogP contribution in [0.1, 0.15) is 16.8 Å². The normalized spacial score (nSPS) is 10.6. The summed E-state index contributed by atoms with van der Waals surface area (Å²) in [5.41, 5.74) is 10.0. The second-order valence-corrected chi connectivity index (χ2v) is 6.11. The van der Waals surface area contributed by atoms with Crippen LogP contribution in [0.3, 0.4) is 0 Å². The van der Waals surface area contributed by atoms with Crippen molar-refractivity contribution in [2.45, 2.75) is 24.6 Å². The topological polar surface area (TPSA) is 38.9 Å². The maximum absolute atomic E-state index is 5.73. The lowest BCUT2D eigenvalue weighted by atomic mass is 10.2. The molecule has 0 saturated heterocycles. The SMILES string of the molecule is Cc1cc(C)nc(SCc2ccc(N)cc2Br)c1. The van der Waals surface area contributed by atoms with Crippen molar-refractivity contribution in [3.8, 4) is 0 Å². The van der Waals surface area contributed by atoms with Crippen LogP contribution in [-0.4, -0.2) is 4.98 Å². The van der Waals surface area contributed by atoms with Crippen molar-refractivity contribution in [2.24, 2.45) is 0 Å². The van der Waals surface area contributed by atoms with Crippen molar-refractivity contribution in [1.82, 2.24) is 4.98 Å². The molecule has 0 radical (unpaired) electrons. The highest BCUT2D eigenvalue weighted by Gasteiger charge is 2.03. The van der Waals surface area contributed by atoms with Crippen LogP contribution < -0.4 is 5.73 Å². The number of nitrogens with two attached hydrogens (primary N) is 1. The maximum atomic E-state index is 5.73. The molecule has 0 unspecified atom stereocenters. The number of halogens is 1. The number of thioether (sulfide) groups is 1. The highest BCUT2D eigenvalue weighted by atomic mass is 79.9. The number of benzene rings is 1. The van der Waals surface area contributed by atoms with Gasteiger partial charge in [0.15, 0.2) is 0 Å². The van der Waals surface area contributed by atoms with E-state index < -0.39 is 0 Å². The molecule has 2 nitrogen and oxygen atoms in total. The number of anilines is 1. The van der Waals surface area contributed by atoms with Crippen LogP contribution in [0.2, 0.25) is 0 Å². The average molecular weight is 323 g/mol. The molecule has 4 heteroatoms. The van der Waals surface area contributed by atoms with Gasteiger partial charge in [0.25, 0.3) is 0 Å². The monoisotopic (exact) mass is 322 g/mol. The second-order valence-electron chi connectivity index (χ2n) is 4.26. The zero-order valence-corrected chi connectivity index (χ0v) is 12.8. The van der Waals surface area contributed by atoms with Gasteiger partial charge in [-0.1, -0.05) is 22.0 Å². The maximum Gasteiger partial charge on any atom is 0.0968 e. The molecule has 0 spiro atoms. The first-order valence-electron chi connectivity index (χ1n) is 5.66. The molecule has 2 rings (SSSR count). The summed E-state index contributed by atoms with van der Waals surface area (Å²) >= 11 is 5.28. The zero-order valence-electron chi connectivity index (χ0n) is 10.4. The van der Waals surface area contributed by atoms with Gasteiger partial charge < -0.3 is 5.73 Å². The van der Waals surface area contributed by atoms with Gasteiger partial charge in [0.1, 0.15) is 0 Å². The predicted octanol–water partition coefficient (Wildman–Crippen LogP) is 4.34. The van der Waals surface area contributed by atoms with Gasteiger partial charge in [-0.25, -0.2) is 4.98 Å². The number of nitrogens with zero attached hydrogens (tertiary/aromatic N) is 1. The molecule has 0 aliphatic rings. The van der Waals surface area contributed by atoms with E-state index in [4.69, 9.17) is 5.73 Å². The number of rotatable bonds is 3. The fraction of sp³-hybridized carbons (Fsp3) is 0.214. The largest absolute Gasteiger partial charge is 0.399 e. The highest BCUT2D eigenvalue weighted by Crippen LogP contribution is 2.27. The summed E-state index contributed by atoms with van der Waals surface area (Å²) in [6.07, 6.45) is 0. The average Bonchev–Trinajstić information content (AvgIpc) is 2.26. The van der Waals surface area contributed by atoms with Crippen molar-refractivity contribution >= 4 is 33.4 Å². The van der Waals surface area contributed by atoms with Crippen LogP contribution in [0, 0.1) is 13.8 Å². The van der Waals surface area contributed by atoms with Crippen molar-refractivity contribution in [1.29, 1.82) is 0 Å². The summed E-state index contributed by atoms with van der Waals surface area (Å²) in [5.74, 6) is 0.886. The zero-order chi connectivity index (χ0) is 13.1. The number of hydrogen-bond acceptors (Lipinski definition) is 3. The Morgan fingerprint density at radius 2 is 2.00 bits per heavy atom. The Hall–Kier alpha value is -1.00. The van der Waals surface area contributed by atoms with Gasteiger partial charge in [0.05, 0.1) is 5.03 Å². The lowest BCUT2D eigenvalue weighted by Gasteiger charge is -2.06. The van der Waals surface area contributed by atoms with E-state index in [1.54, 1.807) is 11.8 Å². The van der Waals surface area contributed by atoms with Crippen LogP contribution in [0.5, 0.6) is 0 Å². The Labute approximate surface area is 120 Å². The van der Waals surface area contributed by atoms with E-state index in [2.05, 4.69) is 46.0 Å². The molecule has 18 heavy (non-hydrogen) atoms. The molecular formula is C14H15BrN2S. The summed E-state index contributed by atoms with van der Waals surface area (Å²) in [5, 5.41) is 1.07. The minimum atomic E-state index is 0.778.